The van der Waals surface area contributed by atoms with Gasteiger partial charge in [0.05, 0.1) is 24.1 Å². The Morgan fingerprint density at radius 1 is 1.28 bits per heavy atom. The van der Waals surface area contributed by atoms with Crippen molar-refractivity contribution in [3.05, 3.63) is 64.8 Å². The number of hydrogen-bond donors (Lipinski definition) is 2. The summed E-state index contributed by atoms with van der Waals surface area (Å²) in [5.41, 5.74) is 4.80. The van der Waals surface area contributed by atoms with Crippen LogP contribution in [0.3, 0.4) is 0 Å². The van der Waals surface area contributed by atoms with E-state index in [0.29, 0.717) is 25.3 Å². The van der Waals surface area contributed by atoms with Gasteiger partial charge in [0.2, 0.25) is 0 Å². The summed E-state index contributed by atoms with van der Waals surface area (Å²) in [6.07, 6.45) is 3.46. The number of aryl methyl sites for hydroxylation is 2. The predicted octanol–water partition coefficient (Wildman–Crippen LogP) is 3.31. The van der Waals surface area contributed by atoms with Gasteiger partial charge in [-0.1, -0.05) is 29.4 Å². The van der Waals surface area contributed by atoms with Gasteiger partial charge in [-0.05, 0) is 38.9 Å². The van der Waals surface area contributed by atoms with Crippen LogP contribution in [0, 0.1) is 13.8 Å². The summed E-state index contributed by atoms with van der Waals surface area (Å²) in [6, 6.07) is 8.10. The maximum atomic E-state index is 12.7. The monoisotopic (exact) mass is 396 g/mol. The second-order valence-electron chi connectivity index (χ2n) is 7.02. The number of hydrogen-bond acceptors (Lipinski definition) is 5. The van der Waals surface area contributed by atoms with E-state index in [1.807, 2.05) is 46.1 Å². The predicted molar refractivity (Wildman–Crippen MR) is 112 cm³/mol. The third-order valence-electron chi connectivity index (χ3n) is 4.80. The van der Waals surface area contributed by atoms with Crippen LogP contribution in [0.25, 0.3) is 0 Å². The van der Waals surface area contributed by atoms with Crippen molar-refractivity contribution in [2.75, 3.05) is 18.9 Å². The molecule has 8 nitrogen and oxygen atoms in total. The van der Waals surface area contributed by atoms with Crippen LogP contribution in [-0.4, -0.2) is 39.5 Å². The molecule has 0 fully saturated rings. The van der Waals surface area contributed by atoms with Crippen LogP contribution in [0.4, 0.5) is 10.5 Å². The lowest BCUT2D eigenvalue weighted by atomic mass is 10.1. The second kappa shape index (κ2) is 9.38. The Kier molecular flexibility index (Phi) is 6.66. The van der Waals surface area contributed by atoms with Crippen LogP contribution >= 0.6 is 0 Å². The summed E-state index contributed by atoms with van der Waals surface area (Å²) in [7, 11) is 1.92. The molecule has 3 rings (SSSR count). The zero-order valence-electron chi connectivity index (χ0n) is 17.4. The van der Waals surface area contributed by atoms with Gasteiger partial charge in [0.1, 0.15) is 5.76 Å². The third kappa shape index (κ3) is 5.23. The first kappa shape index (κ1) is 20.6. The van der Waals surface area contributed by atoms with Crippen molar-refractivity contribution in [3.63, 3.8) is 0 Å². The molecule has 2 N–H and O–H groups in total. The highest BCUT2D eigenvalue weighted by molar-refractivity contribution is 5.88. The number of urea groups is 1. The molecule has 154 valence electrons. The highest BCUT2D eigenvalue weighted by Crippen LogP contribution is 2.16. The van der Waals surface area contributed by atoms with Crippen molar-refractivity contribution in [3.8, 4) is 0 Å². The second-order valence-corrected chi connectivity index (χ2v) is 7.02. The quantitative estimate of drug-likeness (QED) is 0.610. The average Bonchev–Trinajstić information content (AvgIpc) is 3.28. The molecule has 2 amide bonds. The number of carbonyl (C=O) groups is 1. The fourth-order valence-electron chi connectivity index (χ4n) is 3.20. The van der Waals surface area contributed by atoms with Gasteiger partial charge in [-0.15, -0.1) is 0 Å². The summed E-state index contributed by atoms with van der Waals surface area (Å²) < 4.78 is 6.96. The number of nitrogens with one attached hydrogen (secondary N) is 2. The number of carbonyl (C=O) groups excluding carboxylic acids is 1. The molecule has 0 saturated carbocycles. The van der Waals surface area contributed by atoms with Crippen molar-refractivity contribution in [1.82, 2.24) is 25.2 Å². The fourth-order valence-corrected chi connectivity index (χ4v) is 3.20. The lowest BCUT2D eigenvalue weighted by Gasteiger charge is -2.21. The lowest BCUT2D eigenvalue weighted by Crippen LogP contribution is -2.34. The van der Waals surface area contributed by atoms with E-state index in [2.05, 4.69) is 33.0 Å². The van der Waals surface area contributed by atoms with Crippen LogP contribution < -0.4 is 10.6 Å². The van der Waals surface area contributed by atoms with Crippen LogP contribution in [0.2, 0.25) is 0 Å². The molecule has 1 aromatic carbocycles. The molecular formula is C21H28N6O2. The van der Waals surface area contributed by atoms with E-state index in [4.69, 9.17) is 4.52 Å². The van der Waals surface area contributed by atoms with Gasteiger partial charge < -0.3 is 20.1 Å². The van der Waals surface area contributed by atoms with Crippen molar-refractivity contribution in [2.45, 2.75) is 40.4 Å². The first-order valence-electron chi connectivity index (χ1n) is 9.72. The molecule has 0 bridgehead atoms. The van der Waals surface area contributed by atoms with Gasteiger partial charge in [0.25, 0.3) is 0 Å². The van der Waals surface area contributed by atoms with E-state index in [9.17, 15) is 4.79 Å². The number of rotatable bonds is 8. The van der Waals surface area contributed by atoms with Crippen molar-refractivity contribution >= 4 is 11.7 Å². The molecule has 0 unspecified atom stereocenters. The Hall–Kier alpha value is -3.13. The Morgan fingerprint density at radius 3 is 2.76 bits per heavy atom. The highest BCUT2D eigenvalue weighted by atomic mass is 16.5. The molecule has 0 radical (unpaired) electrons. The Bertz CT molecular complexity index is 942. The van der Waals surface area contributed by atoms with E-state index in [1.54, 1.807) is 15.8 Å². The first-order valence-corrected chi connectivity index (χ1v) is 9.72. The molecule has 0 saturated heterocycles. The van der Waals surface area contributed by atoms with Crippen molar-refractivity contribution in [1.29, 1.82) is 0 Å². The molecule has 0 spiro atoms. The molecule has 29 heavy (non-hydrogen) atoms. The largest absolute Gasteiger partial charge is 0.361 e. The third-order valence-corrected chi connectivity index (χ3v) is 4.80. The maximum Gasteiger partial charge on any atom is 0.322 e. The van der Waals surface area contributed by atoms with Crippen LogP contribution in [0.5, 0.6) is 0 Å². The molecule has 0 aliphatic heterocycles. The molecule has 0 atom stereocenters. The summed E-state index contributed by atoms with van der Waals surface area (Å²) in [5.74, 6) is 0.779. The minimum Gasteiger partial charge on any atom is -0.361 e. The molecule has 8 heteroatoms. The summed E-state index contributed by atoms with van der Waals surface area (Å²) >= 11 is 0. The van der Waals surface area contributed by atoms with Crippen molar-refractivity contribution < 1.29 is 9.32 Å². The van der Waals surface area contributed by atoms with E-state index in [0.717, 1.165) is 29.1 Å². The number of amides is 2. The number of aromatic nitrogens is 3. The smallest absolute Gasteiger partial charge is 0.322 e. The minimum atomic E-state index is -0.150. The molecule has 0 aliphatic rings. The van der Waals surface area contributed by atoms with E-state index in [-0.39, 0.29) is 6.03 Å². The van der Waals surface area contributed by atoms with Gasteiger partial charge in [0.15, 0.2) is 0 Å². The molecule has 2 heterocycles. The Labute approximate surface area is 170 Å². The van der Waals surface area contributed by atoms with Gasteiger partial charge in [0, 0.05) is 31.4 Å². The van der Waals surface area contributed by atoms with E-state index >= 15 is 0 Å². The average molecular weight is 396 g/mol. The Balaban J connectivity index is 1.62. The standard InChI is InChI=1S/C21H28N6O2/c1-5-26(12-18-8-6-7-17(9-18)10-22-4)21(28)24-19-11-23-27(13-19)14-20-15(2)25-29-16(20)3/h6-9,11,13,22H,5,10,12,14H2,1-4H3,(H,24,28). The van der Waals surface area contributed by atoms with Crippen LogP contribution in [0.15, 0.2) is 41.2 Å². The number of anilines is 1. The Morgan fingerprint density at radius 2 is 2.07 bits per heavy atom. The molecule has 0 aliphatic carbocycles. The normalized spacial score (nSPS) is 10.9. The van der Waals surface area contributed by atoms with Crippen LogP contribution in [0.1, 0.15) is 35.1 Å². The maximum absolute atomic E-state index is 12.7. The van der Waals surface area contributed by atoms with Gasteiger partial charge >= 0.3 is 6.03 Å². The topological polar surface area (TPSA) is 88.2 Å². The first-order chi connectivity index (χ1) is 14.0. The van der Waals surface area contributed by atoms with E-state index in [1.165, 1.54) is 5.56 Å². The number of benzene rings is 1. The molecule has 3 aromatic rings. The van der Waals surface area contributed by atoms with Crippen molar-refractivity contribution in [2.24, 2.45) is 0 Å². The SMILES string of the molecule is CCN(Cc1cccc(CNC)c1)C(=O)Nc1cnn(Cc2c(C)noc2C)c1. The zero-order chi connectivity index (χ0) is 20.8. The van der Waals surface area contributed by atoms with Crippen LogP contribution in [-0.2, 0) is 19.6 Å². The summed E-state index contributed by atoms with van der Waals surface area (Å²) in [4.78, 5) is 14.5. The van der Waals surface area contributed by atoms with Gasteiger partial charge in [-0.25, -0.2) is 4.79 Å². The van der Waals surface area contributed by atoms with Gasteiger partial charge in [-0.3, -0.25) is 4.68 Å². The summed E-state index contributed by atoms with van der Waals surface area (Å²) in [5, 5.41) is 14.4. The fraction of sp³-hybridized carbons (Fsp3) is 0.381. The highest BCUT2D eigenvalue weighted by Gasteiger charge is 2.15. The van der Waals surface area contributed by atoms with Gasteiger partial charge in [-0.2, -0.15) is 5.10 Å². The minimum absolute atomic E-state index is 0.150. The zero-order valence-corrected chi connectivity index (χ0v) is 17.4. The molecule has 2 aromatic heterocycles. The number of nitrogens with zero attached hydrogens (tertiary/aromatic N) is 4. The molecular weight excluding hydrogens is 368 g/mol. The lowest BCUT2D eigenvalue weighted by molar-refractivity contribution is 0.212. The summed E-state index contributed by atoms with van der Waals surface area (Å²) in [6.45, 7) is 8.26. The van der Waals surface area contributed by atoms with E-state index < -0.39 is 0 Å².